The smallest absolute Gasteiger partial charge is 0.0617 e. The first kappa shape index (κ1) is 28.7. The van der Waals surface area contributed by atoms with Crippen molar-refractivity contribution in [2.24, 2.45) is 0 Å². The van der Waals surface area contributed by atoms with Crippen LogP contribution in [0.15, 0.2) is 182 Å². The van der Waals surface area contributed by atoms with Crippen LogP contribution in [0.25, 0.3) is 88.4 Å². The summed E-state index contributed by atoms with van der Waals surface area (Å²) in [5.74, 6) is 0. The number of fused-ring (bicyclic) bond motifs is 9. The Kier molecular flexibility index (Phi) is 6.31. The third-order valence-corrected chi connectivity index (χ3v) is 13.6. The molecule has 0 spiro atoms. The Morgan fingerprint density at radius 2 is 0.824 bits per heavy atom. The molecule has 0 saturated carbocycles. The zero-order chi connectivity index (χ0) is 33.5. The van der Waals surface area contributed by atoms with E-state index in [1.807, 2.05) is 0 Å². The van der Waals surface area contributed by atoms with Crippen LogP contribution in [-0.2, 0) is 0 Å². The minimum absolute atomic E-state index is 0.284. The molecule has 0 saturated heterocycles. The molecule has 51 heavy (non-hydrogen) atoms. The number of benzene rings is 8. The summed E-state index contributed by atoms with van der Waals surface area (Å²) in [6.45, 7) is 0. The van der Waals surface area contributed by atoms with Gasteiger partial charge < -0.3 is 4.57 Å². The summed E-state index contributed by atoms with van der Waals surface area (Å²) in [7, 11) is 0. The van der Waals surface area contributed by atoms with Crippen LogP contribution in [0.1, 0.15) is 0 Å². The van der Waals surface area contributed by atoms with Gasteiger partial charge in [0.2, 0.25) is 0 Å². The second-order valence-corrected chi connectivity index (χ2v) is 16.3. The number of hydrogen-bond acceptors (Lipinski definition) is 0. The molecule has 8 aromatic carbocycles. The van der Waals surface area contributed by atoms with Crippen molar-refractivity contribution in [3.05, 3.63) is 182 Å². The zero-order valence-corrected chi connectivity index (χ0v) is 29.8. The monoisotopic (exact) mass is 708 g/mol. The van der Waals surface area contributed by atoms with Crippen molar-refractivity contribution >= 4 is 67.8 Å². The van der Waals surface area contributed by atoms with Crippen molar-refractivity contribution < 1.29 is 0 Å². The fraction of sp³-hybridized carbons (Fsp3) is 0. The van der Waals surface area contributed by atoms with E-state index >= 15 is 0 Å². The predicted molar refractivity (Wildman–Crippen MR) is 216 cm³/mol. The summed E-state index contributed by atoms with van der Waals surface area (Å²) in [5.41, 5.74) is 15.0. The van der Waals surface area contributed by atoms with Crippen molar-refractivity contribution in [2.45, 2.75) is 0 Å². The fourth-order valence-electron chi connectivity index (χ4n) is 8.29. The molecular weight excluding hydrogens is 677 g/mol. The third-order valence-electron chi connectivity index (χ3n) is 10.6. The summed E-state index contributed by atoms with van der Waals surface area (Å²) in [5, 5.41) is 5.08. The van der Waals surface area contributed by atoms with Crippen LogP contribution in [0.5, 0.6) is 0 Å². The molecule has 2 aromatic heterocycles. The number of para-hydroxylation sites is 2. The quantitative estimate of drug-likeness (QED) is 0.161. The molecule has 0 fully saturated rings. The van der Waals surface area contributed by atoms with Crippen molar-refractivity contribution in [3.8, 4) is 44.8 Å². The Morgan fingerprint density at radius 3 is 1.53 bits per heavy atom. The Hall–Kier alpha value is -6.10. The normalized spacial score (nSPS) is 12.2. The number of nitrogens with zero attached hydrogens (tertiary/aromatic N) is 2. The molecule has 1 aliphatic rings. The average molecular weight is 707 g/mol. The molecule has 0 bridgehead atoms. The molecule has 0 N–H and O–H groups in total. The average Bonchev–Trinajstić information content (AvgIpc) is 3.85. The van der Waals surface area contributed by atoms with Crippen molar-refractivity contribution in [1.82, 2.24) is 9.13 Å². The van der Waals surface area contributed by atoms with Crippen LogP contribution in [0.3, 0.4) is 0 Å². The predicted octanol–water partition coefficient (Wildman–Crippen LogP) is 10.9. The SMILES string of the molecule is c1ccc(-c2cccc(-n3c4ccccc4c4cc(-c5ccc6c(c5)c5ccccc5n6-c5cc[c]6c(c5)-c5cccc[c]5[Ge]6)ccc43)c2)cc1. The van der Waals surface area contributed by atoms with Gasteiger partial charge in [-0.2, -0.15) is 0 Å². The van der Waals surface area contributed by atoms with Gasteiger partial charge in [-0.1, -0.05) is 60.7 Å². The Labute approximate surface area is 302 Å². The van der Waals surface area contributed by atoms with Crippen LogP contribution in [0, 0.1) is 0 Å². The minimum atomic E-state index is -0.284. The maximum absolute atomic E-state index is 2.45. The van der Waals surface area contributed by atoms with E-state index < -0.39 is 0 Å². The molecule has 2 radical (unpaired) electrons. The molecule has 2 nitrogen and oxygen atoms in total. The van der Waals surface area contributed by atoms with E-state index in [9.17, 15) is 0 Å². The van der Waals surface area contributed by atoms with Gasteiger partial charge in [-0.15, -0.1) is 0 Å². The van der Waals surface area contributed by atoms with Gasteiger partial charge in [-0.25, -0.2) is 0 Å². The van der Waals surface area contributed by atoms with Crippen LogP contribution in [-0.4, -0.2) is 24.6 Å². The summed E-state index contributed by atoms with van der Waals surface area (Å²) in [6.07, 6.45) is 0. The number of aromatic nitrogens is 2. The zero-order valence-electron chi connectivity index (χ0n) is 27.7. The Balaban J connectivity index is 1.06. The first-order valence-corrected chi connectivity index (χ1v) is 19.6. The van der Waals surface area contributed by atoms with Crippen LogP contribution in [0.2, 0.25) is 0 Å². The summed E-state index contributed by atoms with van der Waals surface area (Å²) >= 11 is -0.284. The number of rotatable bonds is 4. The van der Waals surface area contributed by atoms with Crippen molar-refractivity contribution in [2.75, 3.05) is 0 Å². The summed E-state index contributed by atoms with van der Waals surface area (Å²) in [4.78, 5) is 0. The van der Waals surface area contributed by atoms with Crippen LogP contribution < -0.4 is 8.79 Å². The maximum atomic E-state index is 2.45. The molecule has 3 heterocycles. The van der Waals surface area contributed by atoms with Gasteiger partial charge in [-0.3, -0.25) is 0 Å². The second kappa shape index (κ2) is 11.2. The first-order valence-electron chi connectivity index (χ1n) is 17.5. The van der Waals surface area contributed by atoms with Gasteiger partial charge in [0.15, 0.2) is 0 Å². The van der Waals surface area contributed by atoms with E-state index in [4.69, 9.17) is 0 Å². The third kappa shape index (κ3) is 4.43. The molecule has 0 unspecified atom stereocenters. The molecule has 0 aliphatic carbocycles. The van der Waals surface area contributed by atoms with Gasteiger partial charge in [0.1, 0.15) is 0 Å². The summed E-state index contributed by atoms with van der Waals surface area (Å²) < 4.78 is 7.94. The molecule has 11 rings (SSSR count). The van der Waals surface area contributed by atoms with Crippen molar-refractivity contribution in [1.29, 1.82) is 0 Å². The number of hydrogen-bond donors (Lipinski definition) is 0. The van der Waals surface area contributed by atoms with Crippen LogP contribution >= 0.6 is 0 Å². The van der Waals surface area contributed by atoms with Gasteiger partial charge >= 0.3 is 187 Å². The Bertz CT molecular complexity index is 3000. The van der Waals surface area contributed by atoms with Gasteiger partial charge in [-0.05, 0) is 29.3 Å². The molecule has 1 aliphatic heterocycles. The molecule has 0 atom stereocenters. The molecule has 0 amide bonds. The van der Waals surface area contributed by atoms with E-state index in [2.05, 4.69) is 191 Å². The first-order chi connectivity index (χ1) is 25.3. The van der Waals surface area contributed by atoms with Crippen molar-refractivity contribution in [3.63, 3.8) is 0 Å². The second-order valence-electron chi connectivity index (χ2n) is 13.5. The van der Waals surface area contributed by atoms with E-state index in [-0.39, 0.29) is 15.4 Å². The van der Waals surface area contributed by atoms with E-state index in [1.165, 1.54) is 97.2 Å². The fourth-order valence-corrected chi connectivity index (χ4v) is 11.1. The van der Waals surface area contributed by atoms with Gasteiger partial charge in [0, 0.05) is 11.1 Å². The summed E-state index contributed by atoms with van der Waals surface area (Å²) in [6, 6.07) is 67.3. The van der Waals surface area contributed by atoms with Crippen LogP contribution in [0.4, 0.5) is 0 Å². The van der Waals surface area contributed by atoms with E-state index in [0.29, 0.717) is 0 Å². The van der Waals surface area contributed by atoms with E-state index in [0.717, 1.165) is 0 Å². The molecule has 236 valence electrons. The minimum Gasteiger partial charge on any atom is -0.0617 e. The topological polar surface area (TPSA) is 9.86 Å². The van der Waals surface area contributed by atoms with E-state index in [1.54, 1.807) is 0 Å². The van der Waals surface area contributed by atoms with Gasteiger partial charge in [0.25, 0.3) is 0 Å². The Morgan fingerprint density at radius 1 is 0.294 bits per heavy atom. The molecule has 10 aromatic rings. The van der Waals surface area contributed by atoms with Gasteiger partial charge in [0.05, 0.1) is 11.0 Å². The standard InChI is InChI=1S/C48H30GeN2/c1-2-11-31(12-3-1)32-13-10-14-35(27-32)50-45-19-8-5-16-38(45)41-28-33(21-25-47(41)50)34-22-26-48-42(29-34)39-17-6-9-20-46(39)51(48)36-23-24-44-40(30-36)37-15-4-7-18-43(37)49-44/h1-30H. The molecule has 3 heteroatoms. The molecular formula is C48H30GeN2.